The zero-order valence-electron chi connectivity index (χ0n) is 10.0. The van der Waals surface area contributed by atoms with E-state index in [4.69, 9.17) is 4.74 Å². The number of rotatable bonds is 6. The van der Waals surface area contributed by atoms with Crippen molar-refractivity contribution >= 4 is 18.0 Å². The Labute approximate surface area is 105 Å². The van der Waals surface area contributed by atoms with Gasteiger partial charge in [0.1, 0.15) is 5.75 Å². The summed E-state index contributed by atoms with van der Waals surface area (Å²) >= 11 is 0. The number of ether oxygens (including phenoxy) is 1. The van der Waals surface area contributed by atoms with Crippen molar-refractivity contribution in [1.29, 1.82) is 0 Å². The number of carboxylic acid groups (broad SMARTS) is 1. The van der Waals surface area contributed by atoms with Crippen molar-refractivity contribution in [2.75, 3.05) is 13.7 Å². The maximum absolute atomic E-state index is 11.3. The van der Waals surface area contributed by atoms with E-state index in [1.807, 2.05) is 12.1 Å². The predicted octanol–water partition coefficient (Wildman–Crippen LogP) is -0.0354. The zero-order valence-corrected chi connectivity index (χ0v) is 10.0. The Morgan fingerprint density at radius 2 is 2.00 bits per heavy atom. The number of carbonyl (C=O) groups excluding carboxylic acids is 2. The van der Waals surface area contributed by atoms with Crippen LogP contribution in [0.5, 0.6) is 5.75 Å². The molecule has 1 N–H and O–H groups in total. The summed E-state index contributed by atoms with van der Waals surface area (Å²) in [5.74, 6) is -0.785. The Balaban J connectivity index is 2.42. The van der Waals surface area contributed by atoms with E-state index in [1.165, 1.54) is 6.08 Å². The molecule has 0 aliphatic carbocycles. The van der Waals surface area contributed by atoms with Gasteiger partial charge in [0, 0.05) is 25.0 Å². The summed E-state index contributed by atoms with van der Waals surface area (Å²) in [6.07, 6.45) is 2.78. The third-order valence-electron chi connectivity index (χ3n) is 2.17. The van der Waals surface area contributed by atoms with Crippen LogP contribution in [-0.4, -0.2) is 25.5 Å². The highest BCUT2D eigenvalue weighted by Gasteiger charge is 1.95. The Kier molecular flexibility index (Phi) is 5.44. The molecular weight excluding hydrogens is 234 g/mol. The molecule has 5 heteroatoms. The lowest BCUT2D eigenvalue weighted by Gasteiger charge is -2.02. The van der Waals surface area contributed by atoms with Gasteiger partial charge in [0.25, 0.3) is 0 Å². The van der Waals surface area contributed by atoms with Gasteiger partial charge in [-0.1, -0.05) is 12.1 Å². The lowest BCUT2D eigenvalue weighted by atomic mass is 10.2. The minimum atomic E-state index is -1.19. The maximum Gasteiger partial charge on any atom is 0.244 e. The lowest BCUT2D eigenvalue weighted by molar-refractivity contribution is -0.305. The molecule has 0 atom stereocenters. The highest BCUT2D eigenvalue weighted by atomic mass is 16.5. The molecule has 0 heterocycles. The van der Waals surface area contributed by atoms with Crippen LogP contribution in [-0.2, 0) is 9.59 Å². The molecule has 1 amide bonds. The first kappa shape index (κ1) is 13.8. The molecule has 0 saturated heterocycles. The van der Waals surface area contributed by atoms with E-state index in [0.29, 0.717) is 0 Å². The number of carboxylic acids is 1. The second kappa shape index (κ2) is 7.11. The van der Waals surface area contributed by atoms with Crippen molar-refractivity contribution in [3.63, 3.8) is 0 Å². The predicted molar refractivity (Wildman–Crippen MR) is 64.7 cm³/mol. The van der Waals surface area contributed by atoms with Gasteiger partial charge in [-0.3, -0.25) is 4.79 Å². The van der Waals surface area contributed by atoms with E-state index in [2.05, 4.69) is 5.32 Å². The lowest BCUT2D eigenvalue weighted by Crippen LogP contribution is -2.30. The molecule has 0 unspecified atom stereocenters. The van der Waals surface area contributed by atoms with Gasteiger partial charge in [0.2, 0.25) is 5.91 Å². The summed E-state index contributed by atoms with van der Waals surface area (Å²) in [4.78, 5) is 21.4. The fraction of sp³-hybridized carbons (Fsp3) is 0.231. The first-order valence-corrected chi connectivity index (χ1v) is 5.41. The summed E-state index contributed by atoms with van der Waals surface area (Å²) in [7, 11) is 1.58. The molecule has 96 valence electrons. The topological polar surface area (TPSA) is 78.5 Å². The molecule has 0 aromatic heterocycles. The van der Waals surface area contributed by atoms with Gasteiger partial charge in [0.15, 0.2) is 0 Å². The Hall–Kier alpha value is -2.30. The van der Waals surface area contributed by atoms with Crippen molar-refractivity contribution in [1.82, 2.24) is 5.32 Å². The van der Waals surface area contributed by atoms with Crippen molar-refractivity contribution < 1.29 is 19.4 Å². The molecule has 0 aliphatic heterocycles. The molecular formula is C13H14NO4-. The van der Waals surface area contributed by atoms with Gasteiger partial charge in [-0.25, -0.2) is 0 Å². The van der Waals surface area contributed by atoms with Crippen LogP contribution in [0.15, 0.2) is 30.3 Å². The molecule has 0 saturated carbocycles. The average Bonchev–Trinajstić information content (AvgIpc) is 2.36. The first-order chi connectivity index (χ1) is 8.61. The fourth-order valence-corrected chi connectivity index (χ4v) is 1.23. The largest absolute Gasteiger partial charge is 0.550 e. The summed E-state index contributed by atoms with van der Waals surface area (Å²) in [6.45, 7) is 0.0636. The van der Waals surface area contributed by atoms with Gasteiger partial charge in [0.05, 0.1) is 7.11 Å². The van der Waals surface area contributed by atoms with E-state index >= 15 is 0 Å². The summed E-state index contributed by atoms with van der Waals surface area (Å²) < 4.78 is 5.01. The third-order valence-corrected chi connectivity index (χ3v) is 2.17. The van der Waals surface area contributed by atoms with Crippen LogP contribution in [0.1, 0.15) is 12.0 Å². The standard InChI is InChI=1S/C13H15NO4/c1-18-11-5-2-10(3-6-11)4-7-12(15)14-9-8-13(16)17/h2-7H,8-9H2,1H3,(H,14,15)(H,16,17)/p-1/b7-4+. The molecule has 1 aromatic carbocycles. The quantitative estimate of drug-likeness (QED) is 0.717. The number of hydrogen-bond acceptors (Lipinski definition) is 4. The number of benzene rings is 1. The maximum atomic E-state index is 11.3. The van der Waals surface area contributed by atoms with Crippen LogP contribution >= 0.6 is 0 Å². The van der Waals surface area contributed by atoms with E-state index in [-0.39, 0.29) is 18.9 Å². The fourth-order valence-electron chi connectivity index (χ4n) is 1.23. The van der Waals surface area contributed by atoms with E-state index in [9.17, 15) is 14.7 Å². The molecule has 5 nitrogen and oxygen atoms in total. The molecule has 0 aliphatic rings. The number of hydrogen-bond donors (Lipinski definition) is 1. The van der Waals surface area contributed by atoms with Crippen LogP contribution in [0, 0.1) is 0 Å². The first-order valence-electron chi connectivity index (χ1n) is 5.41. The molecule has 18 heavy (non-hydrogen) atoms. The van der Waals surface area contributed by atoms with Crippen molar-refractivity contribution in [2.24, 2.45) is 0 Å². The highest BCUT2D eigenvalue weighted by molar-refractivity contribution is 5.91. The van der Waals surface area contributed by atoms with E-state index in [1.54, 1.807) is 25.3 Å². The van der Waals surface area contributed by atoms with E-state index < -0.39 is 5.97 Å². The van der Waals surface area contributed by atoms with Crippen LogP contribution in [0.2, 0.25) is 0 Å². The zero-order chi connectivity index (χ0) is 13.4. The van der Waals surface area contributed by atoms with Crippen LogP contribution in [0.3, 0.4) is 0 Å². The minimum absolute atomic E-state index is 0.0636. The van der Waals surface area contributed by atoms with Crippen molar-refractivity contribution in [3.05, 3.63) is 35.9 Å². The number of amides is 1. The highest BCUT2D eigenvalue weighted by Crippen LogP contribution is 2.11. The smallest absolute Gasteiger partial charge is 0.244 e. The van der Waals surface area contributed by atoms with Gasteiger partial charge in [-0.15, -0.1) is 0 Å². The third kappa shape index (κ3) is 5.16. The van der Waals surface area contributed by atoms with Gasteiger partial charge >= 0.3 is 0 Å². The van der Waals surface area contributed by atoms with Crippen LogP contribution in [0.25, 0.3) is 6.08 Å². The van der Waals surface area contributed by atoms with Gasteiger partial charge in [-0.2, -0.15) is 0 Å². The summed E-state index contributed by atoms with van der Waals surface area (Å²) in [5, 5.41) is 12.6. The summed E-state index contributed by atoms with van der Waals surface area (Å²) in [6, 6.07) is 7.19. The minimum Gasteiger partial charge on any atom is -0.550 e. The second-order valence-electron chi connectivity index (χ2n) is 3.52. The number of nitrogens with one attached hydrogen (secondary N) is 1. The molecule has 0 bridgehead atoms. The molecule has 1 rings (SSSR count). The Morgan fingerprint density at radius 3 is 2.56 bits per heavy atom. The normalized spacial score (nSPS) is 10.3. The SMILES string of the molecule is COc1ccc(/C=C/C(=O)NCCC(=O)[O-])cc1. The Morgan fingerprint density at radius 1 is 1.33 bits per heavy atom. The second-order valence-corrected chi connectivity index (χ2v) is 3.52. The van der Waals surface area contributed by atoms with Gasteiger partial charge < -0.3 is 20.0 Å². The van der Waals surface area contributed by atoms with Crippen molar-refractivity contribution in [2.45, 2.75) is 6.42 Å². The Bertz CT molecular complexity index is 437. The molecule has 0 spiro atoms. The van der Waals surface area contributed by atoms with Crippen LogP contribution < -0.4 is 15.2 Å². The van der Waals surface area contributed by atoms with Gasteiger partial charge in [-0.05, 0) is 23.8 Å². The summed E-state index contributed by atoms with van der Waals surface area (Å²) in [5.41, 5.74) is 0.853. The number of carbonyl (C=O) groups is 2. The number of aliphatic carboxylic acids is 1. The molecule has 1 aromatic rings. The monoisotopic (exact) mass is 248 g/mol. The average molecular weight is 248 g/mol. The van der Waals surface area contributed by atoms with E-state index in [0.717, 1.165) is 11.3 Å². The molecule has 0 radical (unpaired) electrons. The van der Waals surface area contributed by atoms with Crippen LogP contribution in [0.4, 0.5) is 0 Å². The van der Waals surface area contributed by atoms with Crippen molar-refractivity contribution in [3.8, 4) is 5.75 Å². The number of methoxy groups -OCH3 is 1. The molecule has 0 fully saturated rings.